The van der Waals surface area contributed by atoms with E-state index in [-0.39, 0.29) is 29.4 Å². The maximum Gasteiger partial charge on any atom is 0.287 e. The summed E-state index contributed by atoms with van der Waals surface area (Å²) in [5, 5.41) is 5.06. The van der Waals surface area contributed by atoms with Crippen LogP contribution < -0.4 is 10.6 Å². The fourth-order valence-electron chi connectivity index (χ4n) is 1.68. The summed E-state index contributed by atoms with van der Waals surface area (Å²) in [4.78, 5) is 23.5. The Balaban J connectivity index is 1.81. The van der Waals surface area contributed by atoms with Gasteiger partial charge in [-0.2, -0.15) is 0 Å². The van der Waals surface area contributed by atoms with Crippen LogP contribution in [0.5, 0.6) is 0 Å². The van der Waals surface area contributed by atoms with Gasteiger partial charge in [-0.3, -0.25) is 9.59 Å². The van der Waals surface area contributed by atoms with Crippen LogP contribution in [0.1, 0.15) is 20.9 Å². The van der Waals surface area contributed by atoms with Crippen molar-refractivity contribution in [2.75, 3.05) is 13.1 Å². The highest BCUT2D eigenvalue weighted by atomic mass is 79.9. The largest absolute Gasteiger partial charge is 0.444 e. The quantitative estimate of drug-likeness (QED) is 0.772. The van der Waals surface area contributed by atoms with Crippen molar-refractivity contribution >= 4 is 39.3 Å². The van der Waals surface area contributed by atoms with Gasteiger partial charge in [0.15, 0.2) is 10.4 Å². The molecule has 0 aliphatic heterocycles. The number of hydrogen-bond donors (Lipinski definition) is 2. The molecule has 0 spiro atoms. The molecule has 22 heavy (non-hydrogen) atoms. The van der Waals surface area contributed by atoms with Crippen molar-refractivity contribution in [3.8, 4) is 0 Å². The van der Waals surface area contributed by atoms with Crippen molar-refractivity contribution in [1.82, 2.24) is 10.6 Å². The minimum Gasteiger partial charge on any atom is -0.444 e. The molecule has 0 radical (unpaired) electrons. The third-order valence-electron chi connectivity index (χ3n) is 2.68. The Kier molecular flexibility index (Phi) is 5.57. The van der Waals surface area contributed by atoms with E-state index in [9.17, 15) is 14.0 Å². The molecule has 2 N–H and O–H groups in total. The van der Waals surface area contributed by atoms with Crippen LogP contribution in [0.3, 0.4) is 0 Å². The zero-order valence-corrected chi connectivity index (χ0v) is 13.5. The molecule has 5 nitrogen and oxygen atoms in total. The van der Waals surface area contributed by atoms with Gasteiger partial charge in [0.25, 0.3) is 11.8 Å². The van der Waals surface area contributed by atoms with Crippen LogP contribution >= 0.6 is 27.5 Å². The van der Waals surface area contributed by atoms with Crippen LogP contribution in [0, 0.1) is 5.82 Å². The maximum atomic E-state index is 13.5. The predicted octanol–water partition coefficient (Wildman–Crippen LogP) is 2.99. The lowest BCUT2D eigenvalue weighted by Gasteiger charge is -2.08. The van der Waals surface area contributed by atoms with Crippen LogP contribution in [-0.2, 0) is 0 Å². The van der Waals surface area contributed by atoms with Crippen molar-refractivity contribution in [3.05, 3.63) is 57.2 Å². The van der Waals surface area contributed by atoms with E-state index >= 15 is 0 Å². The molecule has 0 saturated heterocycles. The average Bonchev–Trinajstić information content (AvgIpc) is 2.90. The van der Waals surface area contributed by atoms with E-state index in [1.807, 2.05) is 0 Å². The first-order chi connectivity index (χ1) is 10.5. The summed E-state index contributed by atoms with van der Waals surface area (Å²) in [6.07, 6.45) is 0. The smallest absolute Gasteiger partial charge is 0.287 e. The van der Waals surface area contributed by atoms with E-state index in [0.717, 1.165) is 6.07 Å². The number of furan rings is 1. The van der Waals surface area contributed by atoms with Crippen molar-refractivity contribution in [3.63, 3.8) is 0 Å². The summed E-state index contributed by atoms with van der Waals surface area (Å²) in [7, 11) is 0. The van der Waals surface area contributed by atoms with Gasteiger partial charge in [-0.25, -0.2) is 4.39 Å². The summed E-state index contributed by atoms with van der Waals surface area (Å²) >= 11 is 8.87. The summed E-state index contributed by atoms with van der Waals surface area (Å²) in [6, 6.07) is 7.09. The number of amides is 2. The highest BCUT2D eigenvalue weighted by Gasteiger charge is 2.15. The summed E-state index contributed by atoms with van der Waals surface area (Å²) < 4.78 is 19.0. The first-order valence-electron chi connectivity index (χ1n) is 6.25. The van der Waals surface area contributed by atoms with Gasteiger partial charge in [0.05, 0.1) is 10.6 Å². The summed E-state index contributed by atoms with van der Waals surface area (Å²) in [6.45, 7) is 0.284. The van der Waals surface area contributed by atoms with Gasteiger partial charge in [0.2, 0.25) is 0 Å². The molecule has 116 valence electrons. The molecule has 2 amide bonds. The monoisotopic (exact) mass is 388 g/mol. The average molecular weight is 390 g/mol. The second-order valence-corrected chi connectivity index (χ2v) is 5.40. The van der Waals surface area contributed by atoms with Gasteiger partial charge in [-0.15, -0.1) is 0 Å². The van der Waals surface area contributed by atoms with E-state index < -0.39 is 17.6 Å². The third-order valence-corrected chi connectivity index (χ3v) is 3.42. The molecule has 2 aromatic rings. The summed E-state index contributed by atoms with van der Waals surface area (Å²) in [5.41, 5.74) is -0.217. The lowest BCUT2D eigenvalue weighted by atomic mass is 10.2. The molecule has 1 aromatic carbocycles. The zero-order chi connectivity index (χ0) is 16.1. The standard InChI is InChI=1S/C14H11BrClFN2O3/c15-11-5-4-10(22-11)13(20)18-6-7-19-14(21)12-8(16)2-1-3-9(12)17/h1-5H,6-7H2,(H,18,20)(H,19,21). The van der Waals surface area contributed by atoms with Gasteiger partial charge >= 0.3 is 0 Å². The lowest BCUT2D eigenvalue weighted by Crippen LogP contribution is -2.35. The van der Waals surface area contributed by atoms with E-state index in [4.69, 9.17) is 16.0 Å². The Hall–Kier alpha value is -1.86. The van der Waals surface area contributed by atoms with Crippen molar-refractivity contribution in [1.29, 1.82) is 0 Å². The second kappa shape index (κ2) is 7.42. The Morgan fingerprint density at radius 2 is 1.82 bits per heavy atom. The van der Waals surface area contributed by atoms with Gasteiger partial charge in [-0.05, 0) is 40.2 Å². The molecule has 0 bridgehead atoms. The molecule has 0 aliphatic rings. The lowest BCUT2D eigenvalue weighted by molar-refractivity contribution is 0.0908. The predicted molar refractivity (Wildman–Crippen MR) is 82.5 cm³/mol. The molecule has 0 unspecified atom stereocenters. The number of halogens is 3. The minimum absolute atomic E-state index is 0.0296. The van der Waals surface area contributed by atoms with E-state index in [1.165, 1.54) is 18.2 Å². The fourth-order valence-corrected chi connectivity index (χ4v) is 2.23. The topological polar surface area (TPSA) is 71.3 Å². The Bertz CT molecular complexity index is 685. The zero-order valence-electron chi connectivity index (χ0n) is 11.2. The van der Waals surface area contributed by atoms with Crippen molar-refractivity contribution in [2.24, 2.45) is 0 Å². The first kappa shape index (κ1) is 16.5. The van der Waals surface area contributed by atoms with E-state index in [0.29, 0.717) is 4.67 Å². The molecule has 0 atom stereocenters. The van der Waals surface area contributed by atoms with Crippen LogP contribution in [0.4, 0.5) is 4.39 Å². The van der Waals surface area contributed by atoms with Gasteiger partial charge < -0.3 is 15.1 Å². The number of hydrogen-bond acceptors (Lipinski definition) is 3. The highest BCUT2D eigenvalue weighted by Crippen LogP contribution is 2.18. The van der Waals surface area contributed by atoms with Gasteiger partial charge in [-0.1, -0.05) is 17.7 Å². The highest BCUT2D eigenvalue weighted by molar-refractivity contribution is 9.10. The van der Waals surface area contributed by atoms with Crippen LogP contribution in [-0.4, -0.2) is 24.9 Å². The number of rotatable bonds is 5. The molecule has 1 aromatic heterocycles. The van der Waals surface area contributed by atoms with Gasteiger partial charge in [0.1, 0.15) is 5.82 Å². The number of carbonyl (C=O) groups is 2. The maximum absolute atomic E-state index is 13.5. The third kappa shape index (κ3) is 4.08. The normalized spacial score (nSPS) is 10.3. The molecule has 2 rings (SSSR count). The van der Waals surface area contributed by atoms with Crippen LogP contribution in [0.25, 0.3) is 0 Å². The van der Waals surface area contributed by atoms with Crippen molar-refractivity contribution in [2.45, 2.75) is 0 Å². The minimum atomic E-state index is -0.700. The number of nitrogens with one attached hydrogen (secondary N) is 2. The van der Waals surface area contributed by atoms with Crippen molar-refractivity contribution < 1.29 is 18.4 Å². The molecular formula is C14H11BrClFN2O3. The molecule has 0 saturated carbocycles. The fraction of sp³-hybridized carbons (Fsp3) is 0.143. The first-order valence-corrected chi connectivity index (χ1v) is 7.42. The van der Waals surface area contributed by atoms with Crippen LogP contribution in [0.2, 0.25) is 5.02 Å². The SMILES string of the molecule is O=C(NCCNC(=O)c1c(F)cccc1Cl)c1ccc(Br)o1. The Labute approximate surface area is 139 Å². The van der Waals surface area contributed by atoms with Crippen LogP contribution in [0.15, 0.2) is 39.4 Å². The summed E-state index contributed by atoms with van der Waals surface area (Å²) in [5.74, 6) is -1.60. The molecule has 8 heteroatoms. The van der Waals surface area contributed by atoms with E-state index in [2.05, 4.69) is 26.6 Å². The van der Waals surface area contributed by atoms with Gasteiger partial charge in [0, 0.05) is 13.1 Å². The molecule has 0 fully saturated rings. The Morgan fingerprint density at radius 1 is 1.14 bits per heavy atom. The number of carbonyl (C=O) groups excluding carboxylic acids is 2. The molecular weight excluding hydrogens is 379 g/mol. The Morgan fingerprint density at radius 3 is 2.41 bits per heavy atom. The van der Waals surface area contributed by atoms with E-state index in [1.54, 1.807) is 6.07 Å². The second-order valence-electron chi connectivity index (χ2n) is 4.21. The molecule has 0 aliphatic carbocycles. The number of benzene rings is 1. The molecule has 1 heterocycles.